The summed E-state index contributed by atoms with van der Waals surface area (Å²) in [5, 5.41) is 12.2. The van der Waals surface area contributed by atoms with Gasteiger partial charge in [-0.25, -0.2) is 0 Å². The molecule has 1 atom stereocenters. The number of hydrogen-bond acceptors (Lipinski definition) is 2. The molecule has 0 saturated heterocycles. The van der Waals surface area contributed by atoms with Gasteiger partial charge in [-0.1, -0.05) is 38.1 Å². The molecule has 0 fully saturated rings. The summed E-state index contributed by atoms with van der Waals surface area (Å²) in [5.41, 5.74) is 2.34. The van der Waals surface area contributed by atoms with E-state index in [1.165, 1.54) is 5.56 Å². The van der Waals surface area contributed by atoms with Gasteiger partial charge in [0.25, 0.3) is 0 Å². The fourth-order valence-electron chi connectivity index (χ4n) is 1.78. The Morgan fingerprint density at radius 3 is 2.53 bits per heavy atom. The van der Waals surface area contributed by atoms with Gasteiger partial charge in [0.05, 0.1) is 0 Å². The summed E-state index contributed by atoms with van der Waals surface area (Å²) in [4.78, 5) is 11.1. The van der Waals surface area contributed by atoms with Crippen molar-refractivity contribution in [2.75, 3.05) is 0 Å². The van der Waals surface area contributed by atoms with Crippen molar-refractivity contribution in [3.05, 3.63) is 35.4 Å². The van der Waals surface area contributed by atoms with Crippen molar-refractivity contribution in [3.63, 3.8) is 0 Å². The third kappa shape index (κ3) is 4.57. The van der Waals surface area contributed by atoms with Gasteiger partial charge in [0, 0.05) is 6.54 Å². The Morgan fingerprint density at radius 1 is 1.35 bits per heavy atom. The lowest BCUT2D eigenvalue weighted by molar-refractivity contribution is -0.140. The summed E-state index contributed by atoms with van der Waals surface area (Å²) in [7, 11) is 0. The van der Waals surface area contributed by atoms with E-state index in [1.54, 1.807) is 0 Å². The predicted molar refractivity (Wildman–Crippen MR) is 68.9 cm³/mol. The van der Waals surface area contributed by atoms with E-state index < -0.39 is 12.0 Å². The van der Waals surface area contributed by atoms with E-state index in [0.29, 0.717) is 18.9 Å². The van der Waals surface area contributed by atoms with E-state index in [2.05, 4.69) is 5.32 Å². The molecular formula is C14H21NO2. The molecule has 1 aromatic carbocycles. The summed E-state index contributed by atoms with van der Waals surface area (Å²) in [6.07, 6.45) is 0.654. The molecule has 0 bridgehead atoms. The molecule has 1 aromatic rings. The molecule has 0 spiro atoms. The van der Waals surface area contributed by atoms with Crippen molar-refractivity contribution >= 4 is 5.97 Å². The SMILES string of the molecule is Cc1ccccc1CNC(CC(C)C)C(=O)O. The Kier molecular flexibility index (Phi) is 5.16. The first-order valence-corrected chi connectivity index (χ1v) is 6.01. The normalized spacial score (nSPS) is 12.7. The number of nitrogens with one attached hydrogen (secondary N) is 1. The summed E-state index contributed by atoms with van der Waals surface area (Å²) >= 11 is 0. The van der Waals surface area contributed by atoms with Crippen molar-refractivity contribution in [1.82, 2.24) is 5.32 Å². The fraction of sp³-hybridized carbons (Fsp3) is 0.500. The van der Waals surface area contributed by atoms with Crippen molar-refractivity contribution in [1.29, 1.82) is 0 Å². The van der Waals surface area contributed by atoms with Gasteiger partial charge >= 0.3 is 5.97 Å². The second-order valence-electron chi connectivity index (χ2n) is 4.83. The first-order valence-electron chi connectivity index (χ1n) is 6.01. The molecule has 0 heterocycles. The minimum absolute atomic E-state index is 0.375. The van der Waals surface area contributed by atoms with E-state index >= 15 is 0 Å². The van der Waals surface area contributed by atoms with Crippen LogP contribution in [0.5, 0.6) is 0 Å². The molecule has 0 aliphatic rings. The van der Waals surface area contributed by atoms with Gasteiger partial charge in [-0.3, -0.25) is 4.79 Å². The average Bonchev–Trinajstić information content (AvgIpc) is 2.25. The number of aliphatic carboxylic acids is 1. The summed E-state index contributed by atoms with van der Waals surface area (Å²) in [6.45, 7) is 6.71. The Balaban J connectivity index is 2.58. The summed E-state index contributed by atoms with van der Waals surface area (Å²) in [6, 6.07) is 7.56. The third-order valence-corrected chi connectivity index (χ3v) is 2.81. The standard InChI is InChI=1S/C14H21NO2/c1-10(2)8-13(14(16)17)15-9-12-7-5-4-6-11(12)3/h4-7,10,13,15H,8-9H2,1-3H3,(H,16,17). The topological polar surface area (TPSA) is 49.3 Å². The highest BCUT2D eigenvalue weighted by atomic mass is 16.4. The van der Waals surface area contributed by atoms with Crippen LogP contribution in [0.1, 0.15) is 31.4 Å². The monoisotopic (exact) mass is 235 g/mol. The van der Waals surface area contributed by atoms with E-state index in [0.717, 1.165) is 5.56 Å². The lowest BCUT2D eigenvalue weighted by Gasteiger charge is -2.17. The molecule has 0 saturated carbocycles. The smallest absolute Gasteiger partial charge is 0.320 e. The van der Waals surface area contributed by atoms with Crippen molar-refractivity contribution in [2.45, 2.75) is 39.8 Å². The average molecular weight is 235 g/mol. The van der Waals surface area contributed by atoms with Gasteiger partial charge in [-0.15, -0.1) is 0 Å². The molecule has 3 nitrogen and oxygen atoms in total. The van der Waals surface area contributed by atoms with E-state index in [1.807, 2.05) is 45.0 Å². The maximum atomic E-state index is 11.1. The molecule has 0 aromatic heterocycles. The molecule has 94 valence electrons. The molecular weight excluding hydrogens is 214 g/mol. The molecule has 17 heavy (non-hydrogen) atoms. The number of carboxylic acid groups (broad SMARTS) is 1. The van der Waals surface area contributed by atoms with Crippen LogP contribution in [0.2, 0.25) is 0 Å². The van der Waals surface area contributed by atoms with Crippen LogP contribution in [-0.4, -0.2) is 17.1 Å². The maximum absolute atomic E-state index is 11.1. The highest BCUT2D eigenvalue weighted by Crippen LogP contribution is 2.09. The van der Waals surface area contributed by atoms with Crippen LogP contribution in [-0.2, 0) is 11.3 Å². The lowest BCUT2D eigenvalue weighted by Crippen LogP contribution is -2.37. The first-order chi connectivity index (χ1) is 8.00. The van der Waals surface area contributed by atoms with E-state index in [9.17, 15) is 4.79 Å². The van der Waals surface area contributed by atoms with E-state index in [-0.39, 0.29) is 0 Å². The second-order valence-corrected chi connectivity index (χ2v) is 4.83. The van der Waals surface area contributed by atoms with Crippen LogP contribution >= 0.6 is 0 Å². The molecule has 1 unspecified atom stereocenters. The van der Waals surface area contributed by atoms with Crippen LogP contribution < -0.4 is 5.32 Å². The number of hydrogen-bond donors (Lipinski definition) is 2. The van der Waals surface area contributed by atoms with Crippen molar-refractivity contribution < 1.29 is 9.90 Å². The highest BCUT2D eigenvalue weighted by Gasteiger charge is 2.17. The Hall–Kier alpha value is -1.35. The number of benzene rings is 1. The summed E-state index contributed by atoms with van der Waals surface area (Å²) in [5.74, 6) is -0.396. The van der Waals surface area contributed by atoms with Gasteiger partial charge < -0.3 is 10.4 Å². The zero-order chi connectivity index (χ0) is 12.8. The zero-order valence-corrected chi connectivity index (χ0v) is 10.7. The molecule has 2 N–H and O–H groups in total. The summed E-state index contributed by atoms with van der Waals surface area (Å²) < 4.78 is 0. The molecule has 0 amide bonds. The minimum Gasteiger partial charge on any atom is -0.480 e. The third-order valence-electron chi connectivity index (χ3n) is 2.81. The van der Waals surface area contributed by atoms with Gasteiger partial charge in [-0.2, -0.15) is 0 Å². The van der Waals surface area contributed by atoms with Gasteiger partial charge in [0.1, 0.15) is 6.04 Å². The Bertz CT molecular complexity index is 374. The van der Waals surface area contributed by atoms with Gasteiger partial charge in [0.2, 0.25) is 0 Å². The predicted octanol–water partition coefficient (Wildman–Crippen LogP) is 2.58. The number of aryl methyl sites for hydroxylation is 1. The molecule has 3 heteroatoms. The van der Waals surface area contributed by atoms with Crippen LogP contribution in [0.25, 0.3) is 0 Å². The molecule has 1 rings (SSSR count). The molecule has 0 radical (unpaired) electrons. The van der Waals surface area contributed by atoms with Crippen LogP contribution in [0.3, 0.4) is 0 Å². The lowest BCUT2D eigenvalue weighted by atomic mass is 10.0. The van der Waals surface area contributed by atoms with Crippen molar-refractivity contribution in [2.24, 2.45) is 5.92 Å². The van der Waals surface area contributed by atoms with Crippen LogP contribution in [0.15, 0.2) is 24.3 Å². The van der Waals surface area contributed by atoms with Crippen LogP contribution in [0, 0.1) is 12.8 Å². The maximum Gasteiger partial charge on any atom is 0.320 e. The highest BCUT2D eigenvalue weighted by molar-refractivity contribution is 5.73. The minimum atomic E-state index is -0.771. The first kappa shape index (κ1) is 13.7. The Morgan fingerprint density at radius 2 is 2.00 bits per heavy atom. The van der Waals surface area contributed by atoms with Gasteiger partial charge in [0.15, 0.2) is 0 Å². The van der Waals surface area contributed by atoms with Gasteiger partial charge in [-0.05, 0) is 30.4 Å². The second kappa shape index (κ2) is 6.40. The number of carbonyl (C=O) groups is 1. The zero-order valence-electron chi connectivity index (χ0n) is 10.7. The molecule has 0 aliphatic carbocycles. The number of carboxylic acids is 1. The quantitative estimate of drug-likeness (QED) is 0.796. The van der Waals surface area contributed by atoms with Crippen LogP contribution in [0.4, 0.5) is 0 Å². The van der Waals surface area contributed by atoms with Crippen molar-refractivity contribution in [3.8, 4) is 0 Å². The fourth-order valence-corrected chi connectivity index (χ4v) is 1.78. The molecule has 0 aliphatic heterocycles. The number of rotatable bonds is 6. The Labute approximate surface area is 103 Å². The van der Waals surface area contributed by atoms with E-state index in [4.69, 9.17) is 5.11 Å². The largest absolute Gasteiger partial charge is 0.480 e.